The average Bonchev–Trinajstić information content (AvgIpc) is 3.03. The lowest BCUT2D eigenvalue weighted by molar-refractivity contribution is 0.302. The first-order valence-corrected chi connectivity index (χ1v) is 10.6. The Morgan fingerprint density at radius 1 is 1.15 bits per heavy atom. The minimum Gasteiger partial charge on any atom is -0.395 e. The molecule has 2 aromatic heterocycles. The van der Waals surface area contributed by atoms with E-state index in [4.69, 9.17) is 11.6 Å². The number of aliphatic hydroxyl groups excluding tert-OH is 1. The van der Waals surface area contributed by atoms with E-state index in [9.17, 15) is 5.11 Å². The lowest BCUT2D eigenvalue weighted by Gasteiger charge is -2.22. The lowest BCUT2D eigenvalue weighted by Crippen LogP contribution is -2.27. The molecule has 0 saturated carbocycles. The van der Waals surface area contributed by atoms with E-state index in [1.165, 1.54) is 21.6 Å². The van der Waals surface area contributed by atoms with Crippen LogP contribution in [0.25, 0.3) is 21.3 Å². The van der Waals surface area contributed by atoms with E-state index >= 15 is 0 Å². The first-order valence-electron chi connectivity index (χ1n) is 9.45. The molecule has 2 heterocycles. The van der Waals surface area contributed by atoms with Crippen LogP contribution >= 0.6 is 22.9 Å². The van der Waals surface area contributed by atoms with Gasteiger partial charge in [0.2, 0.25) is 5.28 Å². The van der Waals surface area contributed by atoms with Gasteiger partial charge in [0.25, 0.3) is 0 Å². The van der Waals surface area contributed by atoms with Gasteiger partial charge in [-0.15, -0.1) is 11.3 Å². The molecule has 0 spiro atoms. The maximum atomic E-state index is 9.48. The zero-order valence-electron chi connectivity index (χ0n) is 16.3. The van der Waals surface area contributed by atoms with Gasteiger partial charge in [0.1, 0.15) is 10.6 Å². The highest BCUT2D eigenvalue weighted by molar-refractivity contribution is 7.19. The predicted octanol–water partition coefficient (Wildman–Crippen LogP) is 5.52. The number of hydrogen-bond acceptors (Lipinski definition) is 5. The van der Waals surface area contributed by atoms with Crippen molar-refractivity contribution >= 4 is 39.0 Å². The fourth-order valence-corrected chi connectivity index (χ4v) is 4.70. The summed E-state index contributed by atoms with van der Waals surface area (Å²) in [6.45, 7) is 9.95. The van der Waals surface area contributed by atoms with Gasteiger partial charge in [0, 0.05) is 23.5 Å². The van der Waals surface area contributed by atoms with E-state index in [2.05, 4.69) is 66.8 Å². The van der Waals surface area contributed by atoms with Crippen molar-refractivity contribution < 1.29 is 5.11 Å². The molecule has 0 aliphatic rings. The van der Waals surface area contributed by atoms with Gasteiger partial charge in [0.15, 0.2) is 0 Å². The molecule has 0 atom stereocenters. The first-order chi connectivity index (χ1) is 13.0. The van der Waals surface area contributed by atoms with Crippen molar-refractivity contribution in [2.24, 2.45) is 0 Å². The highest BCUT2D eigenvalue weighted by Crippen LogP contribution is 2.43. The SMILES string of the molecule is CCc1sc2nc(Cl)nc(N(CC)CCO)c2c1-c1ccc(C(C)C)cc1. The average molecular weight is 404 g/mol. The van der Waals surface area contributed by atoms with Crippen LogP contribution in [0.15, 0.2) is 24.3 Å². The molecule has 0 unspecified atom stereocenters. The zero-order valence-corrected chi connectivity index (χ0v) is 17.9. The van der Waals surface area contributed by atoms with Gasteiger partial charge in [-0.3, -0.25) is 0 Å². The smallest absolute Gasteiger partial charge is 0.225 e. The molecule has 3 aromatic rings. The molecule has 0 radical (unpaired) electrons. The summed E-state index contributed by atoms with van der Waals surface area (Å²) in [6, 6.07) is 8.78. The number of likely N-dealkylation sites (N-methyl/N-ethyl adjacent to an activating group) is 1. The maximum Gasteiger partial charge on any atom is 0.225 e. The van der Waals surface area contributed by atoms with Crippen LogP contribution in [0.5, 0.6) is 0 Å². The number of thiophene rings is 1. The van der Waals surface area contributed by atoms with Crippen LogP contribution < -0.4 is 4.90 Å². The molecule has 0 bridgehead atoms. The Morgan fingerprint density at radius 3 is 2.41 bits per heavy atom. The molecule has 27 heavy (non-hydrogen) atoms. The van der Waals surface area contributed by atoms with Gasteiger partial charge in [-0.2, -0.15) is 4.98 Å². The number of rotatable bonds is 7. The second kappa shape index (κ2) is 8.55. The third-order valence-electron chi connectivity index (χ3n) is 4.82. The molecule has 0 aliphatic heterocycles. The monoisotopic (exact) mass is 403 g/mol. The fraction of sp³-hybridized carbons (Fsp3) is 0.429. The molecule has 0 fully saturated rings. The Morgan fingerprint density at radius 2 is 1.85 bits per heavy atom. The minimum atomic E-state index is 0.0696. The molecule has 1 N–H and O–H groups in total. The lowest BCUT2D eigenvalue weighted by atomic mass is 9.97. The van der Waals surface area contributed by atoms with Crippen molar-refractivity contribution in [1.29, 1.82) is 0 Å². The molecular formula is C21H26ClN3OS. The van der Waals surface area contributed by atoms with E-state index in [1.54, 1.807) is 11.3 Å². The van der Waals surface area contributed by atoms with Crippen molar-refractivity contribution in [3.05, 3.63) is 40.0 Å². The van der Waals surface area contributed by atoms with E-state index < -0.39 is 0 Å². The van der Waals surface area contributed by atoms with Gasteiger partial charge < -0.3 is 10.0 Å². The quantitative estimate of drug-likeness (QED) is 0.528. The summed E-state index contributed by atoms with van der Waals surface area (Å²) in [6.07, 6.45) is 0.922. The molecule has 6 heteroatoms. The number of fused-ring (bicyclic) bond motifs is 1. The van der Waals surface area contributed by atoms with E-state index in [1.807, 2.05) is 0 Å². The summed E-state index contributed by atoms with van der Waals surface area (Å²) in [7, 11) is 0. The Balaban J connectivity index is 2.27. The largest absolute Gasteiger partial charge is 0.395 e. The highest BCUT2D eigenvalue weighted by atomic mass is 35.5. The van der Waals surface area contributed by atoms with Gasteiger partial charge in [-0.05, 0) is 42.0 Å². The van der Waals surface area contributed by atoms with Crippen LogP contribution in [-0.4, -0.2) is 34.8 Å². The number of nitrogens with zero attached hydrogens (tertiary/aromatic N) is 3. The number of hydrogen-bond donors (Lipinski definition) is 1. The zero-order chi connectivity index (χ0) is 19.6. The third-order valence-corrected chi connectivity index (χ3v) is 6.21. The van der Waals surface area contributed by atoms with E-state index in [0.29, 0.717) is 12.5 Å². The number of aliphatic hydroxyl groups is 1. The van der Waals surface area contributed by atoms with Crippen LogP contribution in [0.2, 0.25) is 5.28 Å². The molecule has 0 amide bonds. The Hall–Kier alpha value is -1.69. The third kappa shape index (κ3) is 3.96. The highest BCUT2D eigenvalue weighted by Gasteiger charge is 2.22. The van der Waals surface area contributed by atoms with Crippen LogP contribution in [0, 0.1) is 0 Å². The summed E-state index contributed by atoms with van der Waals surface area (Å²) in [5.41, 5.74) is 3.69. The van der Waals surface area contributed by atoms with Crippen molar-refractivity contribution in [2.45, 2.75) is 40.0 Å². The molecule has 0 saturated heterocycles. The van der Waals surface area contributed by atoms with Crippen molar-refractivity contribution in [1.82, 2.24) is 9.97 Å². The first kappa shape index (κ1) is 20.1. The summed E-state index contributed by atoms with van der Waals surface area (Å²) < 4.78 is 0. The minimum absolute atomic E-state index is 0.0696. The number of halogens is 1. The van der Waals surface area contributed by atoms with E-state index in [0.717, 1.165) is 29.0 Å². The van der Waals surface area contributed by atoms with Crippen LogP contribution in [0.4, 0.5) is 5.82 Å². The Kier molecular flexibility index (Phi) is 6.35. The molecule has 1 aromatic carbocycles. The molecule has 144 valence electrons. The predicted molar refractivity (Wildman–Crippen MR) is 116 cm³/mol. The number of aromatic nitrogens is 2. The maximum absolute atomic E-state index is 9.48. The second-order valence-corrected chi connectivity index (χ2v) is 8.25. The molecule has 3 rings (SSSR count). The topological polar surface area (TPSA) is 49.2 Å². The second-order valence-electron chi connectivity index (χ2n) is 6.83. The Bertz CT molecular complexity index is 921. The summed E-state index contributed by atoms with van der Waals surface area (Å²) in [5.74, 6) is 1.31. The van der Waals surface area contributed by atoms with Gasteiger partial charge >= 0.3 is 0 Å². The van der Waals surface area contributed by atoms with Crippen molar-refractivity contribution in [2.75, 3.05) is 24.6 Å². The molecule has 0 aliphatic carbocycles. The number of aryl methyl sites for hydroxylation is 1. The standard InChI is InChI=1S/C21H26ClN3OS/c1-5-16-17(15-9-7-14(8-10-15)13(3)4)18-19(25(6-2)11-12-26)23-21(22)24-20(18)27-16/h7-10,13,26H,5-6,11-12H2,1-4H3. The summed E-state index contributed by atoms with van der Waals surface area (Å²) >= 11 is 7.91. The summed E-state index contributed by atoms with van der Waals surface area (Å²) in [4.78, 5) is 13.3. The molecule has 4 nitrogen and oxygen atoms in total. The fourth-order valence-electron chi connectivity index (χ4n) is 3.36. The Labute approximate surface area is 169 Å². The van der Waals surface area contributed by atoms with Crippen molar-refractivity contribution in [3.63, 3.8) is 0 Å². The number of benzene rings is 1. The van der Waals surface area contributed by atoms with Crippen molar-refractivity contribution in [3.8, 4) is 11.1 Å². The van der Waals surface area contributed by atoms with E-state index in [-0.39, 0.29) is 11.9 Å². The van der Waals surface area contributed by atoms with Gasteiger partial charge in [-0.1, -0.05) is 45.0 Å². The van der Waals surface area contributed by atoms with Crippen LogP contribution in [0.1, 0.15) is 44.1 Å². The summed E-state index contributed by atoms with van der Waals surface area (Å²) in [5, 5.41) is 10.8. The van der Waals surface area contributed by atoms with Crippen LogP contribution in [0.3, 0.4) is 0 Å². The van der Waals surface area contributed by atoms with Crippen LogP contribution in [-0.2, 0) is 6.42 Å². The molecular weight excluding hydrogens is 378 g/mol. The van der Waals surface area contributed by atoms with Gasteiger partial charge in [0.05, 0.1) is 12.0 Å². The normalized spacial score (nSPS) is 11.5. The number of anilines is 1. The van der Waals surface area contributed by atoms with Gasteiger partial charge in [-0.25, -0.2) is 4.98 Å².